The van der Waals surface area contributed by atoms with Crippen LogP contribution in [0.3, 0.4) is 0 Å². The molecule has 1 saturated carbocycles. The lowest BCUT2D eigenvalue weighted by atomic mass is 10.3. The fourth-order valence-corrected chi connectivity index (χ4v) is 1.46. The van der Waals surface area contributed by atoms with Gasteiger partial charge in [-0.15, -0.1) is 0 Å². The summed E-state index contributed by atoms with van der Waals surface area (Å²) in [5.41, 5.74) is 5.99. The molecule has 0 amide bonds. The van der Waals surface area contributed by atoms with Crippen molar-refractivity contribution in [1.82, 2.24) is 9.97 Å². The van der Waals surface area contributed by atoms with E-state index in [2.05, 4.69) is 15.3 Å². The largest absolute Gasteiger partial charge is 0.388 e. The number of anilines is 1. The van der Waals surface area contributed by atoms with Gasteiger partial charge in [0.1, 0.15) is 16.5 Å². The van der Waals surface area contributed by atoms with Gasteiger partial charge >= 0.3 is 0 Å². The minimum absolute atomic E-state index is 0.284. The highest BCUT2D eigenvalue weighted by atomic mass is 32.1. The molecular formula is C10H14N4S. The SMILES string of the molecule is NC(=S)c1cnc(NCCC2CC2)cn1. The Morgan fingerprint density at radius 1 is 1.47 bits per heavy atom. The molecular weight excluding hydrogens is 208 g/mol. The number of rotatable bonds is 5. The molecule has 1 heterocycles. The molecule has 1 fully saturated rings. The van der Waals surface area contributed by atoms with E-state index in [1.54, 1.807) is 12.4 Å². The van der Waals surface area contributed by atoms with Gasteiger partial charge in [0.2, 0.25) is 0 Å². The zero-order valence-corrected chi connectivity index (χ0v) is 9.26. The maximum atomic E-state index is 5.42. The number of nitrogens with two attached hydrogens (primary N) is 1. The van der Waals surface area contributed by atoms with Crippen molar-refractivity contribution in [1.29, 1.82) is 0 Å². The normalized spacial score (nSPS) is 14.9. The standard InChI is InChI=1S/C10H14N4S/c11-10(15)8-5-14-9(6-13-8)12-4-3-7-1-2-7/h5-7H,1-4H2,(H2,11,15)(H,12,14). The molecule has 5 heteroatoms. The second kappa shape index (κ2) is 4.53. The van der Waals surface area contributed by atoms with E-state index in [0.717, 1.165) is 18.3 Å². The molecule has 0 bridgehead atoms. The zero-order chi connectivity index (χ0) is 10.7. The Hall–Kier alpha value is -1.23. The molecule has 1 aromatic rings. The van der Waals surface area contributed by atoms with Crippen molar-refractivity contribution in [2.24, 2.45) is 11.7 Å². The van der Waals surface area contributed by atoms with Crippen LogP contribution in [0.5, 0.6) is 0 Å². The van der Waals surface area contributed by atoms with E-state index in [1.807, 2.05) is 0 Å². The first-order valence-electron chi connectivity index (χ1n) is 5.11. The Kier molecular flexibility index (Phi) is 3.11. The number of nitrogens with zero attached hydrogens (tertiary/aromatic N) is 2. The zero-order valence-electron chi connectivity index (χ0n) is 8.44. The third kappa shape index (κ3) is 3.13. The van der Waals surface area contributed by atoms with Crippen LogP contribution in [0.4, 0.5) is 5.82 Å². The molecule has 0 aliphatic heterocycles. The highest BCUT2D eigenvalue weighted by Crippen LogP contribution is 2.31. The van der Waals surface area contributed by atoms with Crippen molar-refractivity contribution < 1.29 is 0 Å². The molecule has 1 aliphatic carbocycles. The molecule has 1 aromatic heterocycles. The van der Waals surface area contributed by atoms with Gasteiger partial charge in [0.05, 0.1) is 12.4 Å². The van der Waals surface area contributed by atoms with E-state index in [0.29, 0.717) is 5.69 Å². The van der Waals surface area contributed by atoms with Crippen LogP contribution in [0, 0.1) is 5.92 Å². The summed E-state index contributed by atoms with van der Waals surface area (Å²) in [4.78, 5) is 8.56. The van der Waals surface area contributed by atoms with Crippen LogP contribution < -0.4 is 11.1 Å². The fraction of sp³-hybridized carbons (Fsp3) is 0.500. The van der Waals surface area contributed by atoms with Gasteiger partial charge in [-0.3, -0.25) is 0 Å². The molecule has 80 valence electrons. The monoisotopic (exact) mass is 222 g/mol. The lowest BCUT2D eigenvalue weighted by Gasteiger charge is -2.04. The van der Waals surface area contributed by atoms with Crippen LogP contribution in [-0.2, 0) is 0 Å². The second-order valence-corrected chi connectivity index (χ2v) is 4.25. The molecule has 4 nitrogen and oxygen atoms in total. The summed E-state index contributed by atoms with van der Waals surface area (Å²) >= 11 is 4.79. The van der Waals surface area contributed by atoms with E-state index in [4.69, 9.17) is 18.0 Å². The Bertz CT molecular complexity index is 345. The first-order valence-corrected chi connectivity index (χ1v) is 5.52. The average Bonchev–Trinajstić information content (AvgIpc) is 3.02. The summed E-state index contributed by atoms with van der Waals surface area (Å²) in [6.07, 6.45) is 7.25. The van der Waals surface area contributed by atoms with Gasteiger partial charge in [-0.25, -0.2) is 9.97 Å². The van der Waals surface area contributed by atoms with Crippen LogP contribution in [-0.4, -0.2) is 21.5 Å². The van der Waals surface area contributed by atoms with Crippen molar-refractivity contribution in [3.63, 3.8) is 0 Å². The number of hydrogen-bond acceptors (Lipinski definition) is 4. The summed E-state index contributed by atoms with van der Waals surface area (Å²) < 4.78 is 0. The first-order chi connectivity index (χ1) is 7.25. The van der Waals surface area contributed by atoms with Crippen molar-refractivity contribution in [3.05, 3.63) is 18.1 Å². The minimum Gasteiger partial charge on any atom is -0.388 e. The van der Waals surface area contributed by atoms with E-state index in [1.165, 1.54) is 19.3 Å². The summed E-state index contributed by atoms with van der Waals surface area (Å²) in [6, 6.07) is 0. The number of thiocarbonyl (C=S) groups is 1. The Morgan fingerprint density at radius 3 is 2.80 bits per heavy atom. The van der Waals surface area contributed by atoms with Crippen LogP contribution >= 0.6 is 12.2 Å². The Morgan fingerprint density at radius 2 is 2.27 bits per heavy atom. The third-order valence-corrected chi connectivity index (χ3v) is 2.67. The predicted molar refractivity (Wildman–Crippen MR) is 63.8 cm³/mol. The van der Waals surface area contributed by atoms with Gasteiger partial charge in [-0.1, -0.05) is 25.1 Å². The maximum Gasteiger partial charge on any atom is 0.144 e. The molecule has 0 unspecified atom stereocenters. The Balaban J connectivity index is 1.83. The summed E-state index contributed by atoms with van der Waals surface area (Å²) in [5.74, 6) is 1.72. The van der Waals surface area contributed by atoms with Gasteiger partial charge in [0.15, 0.2) is 0 Å². The molecule has 0 atom stereocenters. The molecule has 0 radical (unpaired) electrons. The number of aromatic nitrogens is 2. The molecule has 0 aromatic carbocycles. The summed E-state index contributed by atoms with van der Waals surface area (Å²) in [5, 5.41) is 3.22. The second-order valence-electron chi connectivity index (χ2n) is 3.81. The van der Waals surface area contributed by atoms with Crippen LogP contribution in [0.1, 0.15) is 25.0 Å². The fourth-order valence-electron chi connectivity index (χ4n) is 1.36. The van der Waals surface area contributed by atoms with E-state index in [9.17, 15) is 0 Å². The van der Waals surface area contributed by atoms with Crippen molar-refractivity contribution >= 4 is 23.0 Å². The van der Waals surface area contributed by atoms with Crippen molar-refractivity contribution in [2.45, 2.75) is 19.3 Å². The van der Waals surface area contributed by atoms with E-state index >= 15 is 0 Å². The van der Waals surface area contributed by atoms with Crippen molar-refractivity contribution in [3.8, 4) is 0 Å². The quantitative estimate of drug-likeness (QED) is 0.736. The predicted octanol–water partition coefficient (Wildman–Crippen LogP) is 1.32. The topological polar surface area (TPSA) is 63.8 Å². The molecule has 0 saturated heterocycles. The molecule has 3 N–H and O–H groups in total. The minimum atomic E-state index is 0.284. The molecule has 1 aliphatic rings. The Labute approximate surface area is 94.3 Å². The van der Waals surface area contributed by atoms with E-state index < -0.39 is 0 Å². The summed E-state index contributed by atoms with van der Waals surface area (Å²) in [7, 11) is 0. The van der Waals surface area contributed by atoms with Gasteiger partial charge in [-0.2, -0.15) is 0 Å². The molecule has 2 rings (SSSR count). The van der Waals surface area contributed by atoms with Gasteiger partial charge < -0.3 is 11.1 Å². The number of nitrogens with one attached hydrogen (secondary N) is 1. The number of hydrogen-bond donors (Lipinski definition) is 2. The van der Waals surface area contributed by atoms with Crippen LogP contribution in [0.15, 0.2) is 12.4 Å². The average molecular weight is 222 g/mol. The highest BCUT2D eigenvalue weighted by molar-refractivity contribution is 7.80. The first kappa shape index (κ1) is 10.3. The van der Waals surface area contributed by atoms with Gasteiger partial charge in [0, 0.05) is 6.54 Å². The molecule has 15 heavy (non-hydrogen) atoms. The third-order valence-electron chi connectivity index (χ3n) is 2.46. The van der Waals surface area contributed by atoms with Gasteiger partial charge in [-0.05, 0) is 12.3 Å². The highest BCUT2D eigenvalue weighted by Gasteiger charge is 2.20. The van der Waals surface area contributed by atoms with E-state index in [-0.39, 0.29) is 4.99 Å². The van der Waals surface area contributed by atoms with Crippen molar-refractivity contribution in [2.75, 3.05) is 11.9 Å². The maximum absolute atomic E-state index is 5.42. The molecule has 0 spiro atoms. The van der Waals surface area contributed by atoms with Crippen LogP contribution in [0.2, 0.25) is 0 Å². The smallest absolute Gasteiger partial charge is 0.144 e. The summed E-state index contributed by atoms with van der Waals surface area (Å²) in [6.45, 7) is 0.964. The lowest BCUT2D eigenvalue weighted by Crippen LogP contribution is -2.13. The van der Waals surface area contributed by atoms with Crippen LogP contribution in [0.25, 0.3) is 0 Å². The lowest BCUT2D eigenvalue weighted by molar-refractivity contribution is 0.758. The van der Waals surface area contributed by atoms with Gasteiger partial charge in [0.25, 0.3) is 0 Å².